The molecule has 1 fully saturated rings. The number of nitriles is 1. The third kappa shape index (κ3) is 3.19. The third-order valence-electron chi connectivity index (χ3n) is 5.94. The van der Waals surface area contributed by atoms with Crippen molar-refractivity contribution in [3.05, 3.63) is 69.2 Å². The fourth-order valence-corrected chi connectivity index (χ4v) is 4.38. The van der Waals surface area contributed by atoms with E-state index in [9.17, 15) is 14.4 Å². The summed E-state index contributed by atoms with van der Waals surface area (Å²) in [5, 5.41) is 10.1. The van der Waals surface area contributed by atoms with E-state index in [1.165, 1.54) is 16.8 Å². The van der Waals surface area contributed by atoms with Crippen molar-refractivity contribution in [2.45, 2.75) is 18.4 Å². The molecule has 1 saturated carbocycles. The molecule has 170 valence electrons. The van der Waals surface area contributed by atoms with Gasteiger partial charge in [-0.2, -0.15) is 15.2 Å². The molecule has 1 aliphatic carbocycles. The first-order valence-corrected chi connectivity index (χ1v) is 10.5. The molecular formula is C22H17ClFN9O. The number of anilines is 3. The fourth-order valence-electron chi connectivity index (χ4n) is 4.13. The van der Waals surface area contributed by atoms with Crippen molar-refractivity contribution in [3.63, 3.8) is 0 Å². The lowest BCUT2D eigenvalue weighted by Crippen LogP contribution is -2.39. The monoisotopic (exact) mass is 477 g/mol. The van der Waals surface area contributed by atoms with Crippen LogP contribution in [0, 0.1) is 17.1 Å². The molecular weight excluding hydrogens is 461 g/mol. The van der Waals surface area contributed by atoms with Crippen LogP contribution in [0.1, 0.15) is 24.2 Å². The summed E-state index contributed by atoms with van der Waals surface area (Å²) in [7, 11) is 1.71. The quantitative estimate of drug-likeness (QED) is 0.451. The van der Waals surface area contributed by atoms with Crippen LogP contribution < -0.4 is 21.9 Å². The van der Waals surface area contributed by atoms with E-state index in [4.69, 9.17) is 28.1 Å². The number of hydrogen-bond acceptors (Lipinski definition) is 9. The number of pyridine rings is 1. The van der Waals surface area contributed by atoms with Crippen LogP contribution in [-0.2, 0) is 5.54 Å². The molecule has 0 unspecified atom stereocenters. The molecule has 0 spiro atoms. The number of halogens is 2. The summed E-state index contributed by atoms with van der Waals surface area (Å²) >= 11 is 6.33. The van der Waals surface area contributed by atoms with E-state index >= 15 is 0 Å². The van der Waals surface area contributed by atoms with Crippen molar-refractivity contribution in [2.75, 3.05) is 23.4 Å². The maximum absolute atomic E-state index is 14.1. The molecule has 3 aromatic heterocycles. The van der Waals surface area contributed by atoms with Crippen LogP contribution >= 0.6 is 11.6 Å². The van der Waals surface area contributed by atoms with Crippen LogP contribution in [-0.4, -0.2) is 31.6 Å². The molecule has 0 saturated heterocycles. The highest BCUT2D eigenvalue weighted by atomic mass is 35.5. The molecule has 10 nitrogen and oxygen atoms in total. The van der Waals surface area contributed by atoms with Gasteiger partial charge in [0.15, 0.2) is 5.82 Å². The maximum Gasteiger partial charge on any atom is 0.267 e. The van der Waals surface area contributed by atoms with Gasteiger partial charge in [0, 0.05) is 13.1 Å². The lowest BCUT2D eigenvalue weighted by Gasteiger charge is -2.31. The van der Waals surface area contributed by atoms with E-state index in [0.29, 0.717) is 24.2 Å². The van der Waals surface area contributed by atoms with Gasteiger partial charge < -0.3 is 16.4 Å². The molecule has 0 amide bonds. The van der Waals surface area contributed by atoms with Crippen LogP contribution in [0.4, 0.5) is 22.0 Å². The average molecular weight is 478 g/mol. The van der Waals surface area contributed by atoms with Crippen molar-refractivity contribution in [3.8, 4) is 11.8 Å². The molecule has 0 aliphatic heterocycles. The minimum Gasteiger partial charge on any atom is -0.382 e. The molecule has 0 radical (unpaired) electrons. The van der Waals surface area contributed by atoms with Crippen LogP contribution in [0.25, 0.3) is 16.6 Å². The number of aromatic nitrogens is 5. The van der Waals surface area contributed by atoms with Gasteiger partial charge in [-0.05, 0) is 25.0 Å². The Morgan fingerprint density at radius 2 is 2.00 bits per heavy atom. The van der Waals surface area contributed by atoms with Crippen LogP contribution in [0.2, 0.25) is 5.02 Å². The first kappa shape index (κ1) is 21.5. The predicted molar refractivity (Wildman–Crippen MR) is 125 cm³/mol. The van der Waals surface area contributed by atoms with E-state index in [1.807, 2.05) is 6.07 Å². The Labute approximate surface area is 197 Å². The minimum atomic E-state index is -0.860. The number of nitrogen functional groups attached to an aromatic ring is 2. The number of rotatable bonds is 4. The Morgan fingerprint density at radius 3 is 2.68 bits per heavy atom. The van der Waals surface area contributed by atoms with E-state index < -0.39 is 16.9 Å². The lowest BCUT2D eigenvalue weighted by molar-refractivity contribution is 0.586. The standard InChI is InChI=1S/C22H17ClFN9O/c1-32(18-13(8-25)17(26)30-21(27)31-18)22(5-6-22)20-29-15-4-2-3-14(23)16(15)19(34)33(20)12-7-11(24)9-28-10-12/h2-4,7,9-10H,5-6H2,1H3,(H4,26,27,30,31). The minimum absolute atomic E-state index is 0.0492. The van der Waals surface area contributed by atoms with Gasteiger partial charge in [0.25, 0.3) is 5.56 Å². The summed E-state index contributed by atoms with van der Waals surface area (Å²) in [6, 6.07) is 8.17. The number of benzene rings is 1. The van der Waals surface area contributed by atoms with Gasteiger partial charge in [-0.25, -0.2) is 9.37 Å². The van der Waals surface area contributed by atoms with Crippen LogP contribution in [0.5, 0.6) is 0 Å². The summed E-state index contributed by atoms with van der Waals surface area (Å²) in [5.41, 5.74) is 11.0. The predicted octanol–water partition coefficient (Wildman–Crippen LogP) is 2.52. The normalized spacial score (nSPS) is 14.1. The number of nitrogens with zero attached hydrogens (tertiary/aromatic N) is 7. The Kier molecular flexibility index (Phi) is 4.84. The Bertz CT molecular complexity index is 1580. The van der Waals surface area contributed by atoms with Crippen LogP contribution in [0.3, 0.4) is 0 Å². The van der Waals surface area contributed by atoms with Gasteiger partial charge in [-0.15, -0.1) is 0 Å². The molecule has 5 rings (SSSR count). The number of nitrogens with two attached hydrogens (primary N) is 2. The van der Waals surface area contributed by atoms with Crippen molar-refractivity contribution in [2.24, 2.45) is 0 Å². The highest BCUT2D eigenvalue weighted by molar-refractivity contribution is 6.35. The number of fused-ring (bicyclic) bond motifs is 1. The molecule has 4 aromatic rings. The zero-order valence-electron chi connectivity index (χ0n) is 17.8. The summed E-state index contributed by atoms with van der Waals surface area (Å²) in [6.45, 7) is 0. The van der Waals surface area contributed by atoms with Gasteiger partial charge in [0.2, 0.25) is 5.95 Å². The molecule has 0 atom stereocenters. The van der Waals surface area contributed by atoms with Crippen molar-refractivity contribution in [1.29, 1.82) is 5.26 Å². The second kappa shape index (κ2) is 7.64. The van der Waals surface area contributed by atoms with Crippen molar-refractivity contribution < 1.29 is 4.39 Å². The zero-order chi connectivity index (χ0) is 24.2. The van der Waals surface area contributed by atoms with Crippen molar-refractivity contribution in [1.82, 2.24) is 24.5 Å². The summed E-state index contributed by atoms with van der Waals surface area (Å²) in [6.07, 6.45) is 3.55. The SMILES string of the molecule is CN(c1nc(N)nc(N)c1C#N)C1(c2nc3cccc(Cl)c3c(=O)n2-c2cncc(F)c2)CC1. The summed E-state index contributed by atoms with van der Waals surface area (Å²) in [5.74, 6) is -0.246. The topological polar surface area (TPSA) is 153 Å². The molecule has 0 bridgehead atoms. The second-order valence-electron chi connectivity index (χ2n) is 7.94. The highest BCUT2D eigenvalue weighted by Crippen LogP contribution is 2.52. The van der Waals surface area contributed by atoms with E-state index in [2.05, 4.69) is 15.0 Å². The van der Waals surface area contributed by atoms with Gasteiger partial charge in [0.1, 0.15) is 34.6 Å². The van der Waals surface area contributed by atoms with Crippen molar-refractivity contribution >= 4 is 40.1 Å². The second-order valence-corrected chi connectivity index (χ2v) is 8.35. The van der Waals surface area contributed by atoms with E-state index in [-0.39, 0.29) is 39.2 Å². The molecule has 12 heteroatoms. The summed E-state index contributed by atoms with van der Waals surface area (Å²) < 4.78 is 15.4. The van der Waals surface area contributed by atoms with Crippen LogP contribution in [0.15, 0.2) is 41.5 Å². The Balaban J connectivity index is 1.82. The van der Waals surface area contributed by atoms with Gasteiger partial charge in [0.05, 0.1) is 34.0 Å². The first-order valence-electron chi connectivity index (χ1n) is 10.2. The molecule has 34 heavy (non-hydrogen) atoms. The highest BCUT2D eigenvalue weighted by Gasteiger charge is 2.53. The molecule has 3 heterocycles. The largest absolute Gasteiger partial charge is 0.382 e. The van der Waals surface area contributed by atoms with Gasteiger partial charge >= 0.3 is 0 Å². The first-order chi connectivity index (χ1) is 16.3. The maximum atomic E-state index is 14.1. The molecule has 4 N–H and O–H groups in total. The molecule has 1 aliphatic rings. The lowest BCUT2D eigenvalue weighted by atomic mass is 10.1. The van der Waals surface area contributed by atoms with Gasteiger partial charge in [-0.1, -0.05) is 17.7 Å². The third-order valence-corrected chi connectivity index (χ3v) is 6.26. The Morgan fingerprint density at radius 1 is 1.24 bits per heavy atom. The van der Waals surface area contributed by atoms with E-state index in [1.54, 1.807) is 30.1 Å². The zero-order valence-corrected chi connectivity index (χ0v) is 18.6. The number of hydrogen-bond donors (Lipinski definition) is 2. The Hall–Kier alpha value is -4.30. The molecule has 1 aromatic carbocycles. The van der Waals surface area contributed by atoms with E-state index in [0.717, 1.165) is 6.20 Å². The summed E-state index contributed by atoms with van der Waals surface area (Å²) in [4.78, 5) is 32.2. The fraction of sp³-hybridized carbons (Fsp3) is 0.182. The van der Waals surface area contributed by atoms with Gasteiger partial charge in [-0.3, -0.25) is 14.3 Å². The smallest absolute Gasteiger partial charge is 0.267 e. The average Bonchev–Trinajstić information content (AvgIpc) is 3.60.